The first kappa shape index (κ1) is 8.88. The number of nitrogens with two attached hydrogens (primary N) is 3. The highest BCUT2D eigenvalue weighted by Gasteiger charge is 2.00. The van der Waals surface area contributed by atoms with Crippen molar-refractivity contribution in [1.82, 2.24) is 0 Å². The fraction of sp³-hybridized carbons (Fsp3) is 1.00. The van der Waals surface area contributed by atoms with Gasteiger partial charge in [0.05, 0.1) is 0 Å². The zero-order chi connectivity index (χ0) is 7.28. The number of rotatable bonds is 4. The summed E-state index contributed by atoms with van der Waals surface area (Å²) in [5, 5.41) is 0. The molecule has 9 heavy (non-hydrogen) atoms. The summed E-state index contributed by atoms with van der Waals surface area (Å²) in [6.45, 7) is 2.54. The van der Waals surface area contributed by atoms with E-state index >= 15 is 0 Å². The van der Waals surface area contributed by atoms with Crippen molar-refractivity contribution in [3.05, 3.63) is 0 Å². The molecule has 0 aliphatic carbocycles. The Morgan fingerprint density at radius 3 is 2.11 bits per heavy atom. The normalized spacial score (nSPS) is 17.3. The minimum atomic E-state index is 0.135. The summed E-state index contributed by atoms with van der Waals surface area (Å²) in [5.74, 6) is 0. The van der Waals surface area contributed by atoms with Gasteiger partial charge < -0.3 is 17.2 Å². The zero-order valence-corrected chi connectivity index (χ0v) is 6.01. The lowest BCUT2D eigenvalue weighted by atomic mass is 10.1. The number of hydrogen-bond donors (Lipinski definition) is 3. The second-order valence-electron chi connectivity index (χ2n) is 2.55. The van der Waals surface area contributed by atoms with E-state index in [9.17, 15) is 0 Å². The molecule has 0 amide bonds. The third-order valence-corrected chi connectivity index (χ3v) is 1.30. The van der Waals surface area contributed by atoms with Gasteiger partial charge in [-0.05, 0) is 19.8 Å². The van der Waals surface area contributed by atoms with Crippen LogP contribution in [-0.2, 0) is 0 Å². The largest absolute Gasteiger partial charge is 0.329 e. The van der Waals surface area contributed by atoms with Crippen LogP contribution in [0.15, 0.2) is 0 Å². The van der Waals surface area contributed by atoms with Crippen LogP contribution >= 0.6 is 0 Å². The van der Waals surface area contributed by atoms with Crippen LogP contribution in [0, 0.1) is 0 Å². The van der Waals surface area contributed by atoms with Gasteiger partial charge in [0.15, 0.2) is 0 Å². The molecular weight excluding hydrogens is 114 g/mol. The zero-order valence-electron chi connectivity index (χ0n) is 6.01. The van der Waals surface area contributed by atoms with E-state index in [0.717, 1.165) is 12.8 Å². The van der Waals surface area contributed by atoms with Crippen molar-refractivity contribution in [2.45, 2.75) is 31.8 Å². The molecular formula is C6H17N3. The second-order valence-corrected chi connectivity index (χ2v) is 2.55. The SMILES string of the molecule is CC(N)CCC(N)CN. The molecule has 0 bridgehead atoms. The van der Waals surface area contributed by atoms with Crippen LogP contribution in [-0.4, -0.2) is 18.6 Å². The Morgan fingerprint density at radius 2 is 1.78 bits per heavy atom. The molecule has 0 fully saturated rings. The summed E-state index contributed by atoms with van der Waals surface area (Å²) in [5.41, 5.74) is 16.3. The van der Waals surface area contributed by atoms with Crippen LogP contribution < -0.4 is 17.2 Å². The lowest BCUT2D eigenvalue weighted by Gasteiger charge is -2.09. The van der Waals surface area contributed by atoms with Crippen LogP contribution in [0.1, 0.15) is 19.8 Å². The monoisotopic (exact) mass is 131 g/mol. The van der Waals surface area contributed by atoms with Gasteiger partial charge in [0, 0.05) is 18.6 Å². The van der Waals surface area contributed by atoms with Crippen LogP contribution in [0.4, 0.5) is 0 Å². The Hall–Kier alpha value is -0.120. The van der Waals surface area contributed by atoms with Gasteiger partial charge in [-0.15, -0.1) is 0 Å². The van der Waals surface area contributed by atoms with Gasteiger partial charge in [-0.2, -0.15) is 0 Å². The Labute approximate surface area is 56.6 Å². The van der Waals surface area contributed by atoms with Crippen molar-refractivity contribution in [2.75, 3.05) is 6.54 Å². The van der Waals surface area contributed by atoms with Crippen molar-refractivity contribution in [3.8, 4) is 0 Å². The highest BCUT2D eigenvalue weighted by Crippen LogP contribution is 1.95. The molecule has 2 atom stereocenters. The fourth-order valence-electron chi connectivity index (χ4n) is 0.595. The predicted octanol–water partition coefficient (Wildman–Crippen LogP) is -0.600. The molecule has 3 nitrogen and oxygen atoms in total. The van der Waals surface area contributed by atoms with Gasteiger partial charge in [-0.3, -0.25) is 0 Å². The van der Waals surface area contributed by atoms with Crippen LogP contribution in [0.25, 0.3) is 0 Å². The van der Waals surface area contributed by atoms with Gasteiger partial charge >= 0.3 is 0 Å². The van der Waals surface area contributed by atoms with Crippen LogP contribution in [0.2, 0.25) is 0 Å². The molecule has 0 aromatic carbocycles. The average Bonchev–Trinajstić information content (AvgIpc) is 1.83. The molecule has 0 aromatic heterocycles. The van der Waals surface area contributed by atoms with E-state index in [2.05, 4.69) is 0 Å². The topological polar surface area (TPSA) is 78.1 Å². The third kappa shape index (κ3) is 5.76. The van der Waals surface area contributed by atoms with Crippen LogP contribution in [0.3, 0.4) is 0 Å². The van der Waals surface area contributed by atoms with Crippen molar-refractivity contribution in [2.24, 2.45) is 17.2 Å². The van der Waals surface area contributed by atoms with Crippen molar-refractivity contribution < 1.29 is 0 Å². The Bertz CT molecular complexity index is 63.3. The summed E-state index contributed by atoms with van der Waals surface area (Å²) < 4.78 is 0. The summed E-state index contributed by atoms with van der Waals surface area (Å²) >= 11 is 0. The molecule has 0 spiro atoms. The molecule has 0 radical (unpaired) electrons. The Morgan fingerprint density at radius 1 is 1.22 bits per heavy atom. The first-order valence-corrected chi connectivity index (χ1v) is 3.38. The average molecular weight is 131 g/mol. The second kappa shape index (κ2) is 4.73. The van der Waals surface area contributed by atoms with E-state index in [1.54, 1.807) is 0 Å². The molecule has 0 aromatic rings. The van der Waals surface area contributed by atoms with Gasteiger partial charge in [0.2, 0.25) is 0 Å². The van der Waals surface area contributed by atoms with Crippen molar-refractivity contribution in [3.63, 3.8) is 0 Å². The maximum absolute atomic E-state index is 5.54. The maximum Gasteiger partial charge on any atom is 0.0163 e. The molecule has 0 heterocycles. The van der Waals surface area contributed by atoms with Gasteiger partial charge in [-0.1, -0.05) is 0 Å². The fourth-order valence-corrected chi connectivity index (χ4v) is 0.595. The van der Waals surface area contributed by atoms with Gasteiger partial charge in [0.1, 0.15) is 0 Å². The van der Waals surface area contributed by atoms with Crippen molar-refractivity contribution in [1.29, 1.82) is 0 Å². The highest BCUT2D eigenvalue weighted by atomic mass is 14.7. The van der Waals surface area contributed by atoms with Crippen molar-refractivity contribution >= 4 is 0 Å². The molecule has 3 heteroatoms. The Kier molecular flexibility index (Phi) is 4.67. The quantitative estimate of drug-likeness (QED) is 0.476. The van der Waals surface area contributed by atoms with E-state index in [-0.39, 0.29) is 12.1 Å². The lowest BCUT2D eigenvalue weighted by molar-refractivity contribution is 0.544. The predicted molar refractivity (Wildman–Crippen MR) is 39.9 cm³/mol. The minimum Gasteiger partial charge on any atom is -0.329 e. The summed E-state index contributed by atoms with van der Waals surface area (Å²) in [6, 6.07) is 0.388. The summed E-state index contributed by atoms with van der Waals surface area (Å²) in [6.07, 6.45) is 1.91. The third-order valence-electron chi connectivity index (χ3n) is 1.30. The van der Waals surface area contributed by atoms with Gasteiger partial charge in [0.25, 0.3) is 0 Å². The summed E-state index contributed by atoms with van der Waals surface area (Å²) in [4.78, 5) is 0. The smallest absolute Gasteiger partial charge is 0.0163 e. The van der Waals surface area contributed by atoms with E-state index in [1.807, 2.05) is 6.92 Å². The van der Waals surface area contributed by atoms with Gasteiger partial charge in [-0.25, -0.2) is 0 Å². The molecule has 2 unspecified atom stereocenters. The van der Waals surface area contributed by atoms with E-state index in [4.69, 9.17) is 17.2 Å². The molecule has 6 N–H and O–H groups in total. The summed E-state index contributed by atoms with van der Waals surface area (Å²) in [7, 11) is 0. The van der Waals surface area contributed by atoms with E-state index < -0.39 is 0 Å². The Balaban J connectivity index is 3.06. The first-order valence-electron chi connectivity index (χ1n) is 3.38. The minimum absolute atomic E-state index is 0.135. The molecule has 0 aliphatic heterocycles. The van der Waals surface area contributed by atoms with E-state index in [1.165, 1.54) is 0 Å². The number of hydrogen-bond acceptors (Lipinski definition) is 3. The molecule has 0 rings (SSSR count). The molecule has 0 saturated carbocycles. The van der Waals surface area contributed by atoms with Crippen LogP contribution in [0.5, 0.6) is 0 Å². The standard InChI is InChI=1S/C6H17N3/c1-5(8)2-3-6(9)4-7/h5-6H,2-4,7-9H2,1H3. The lowest BCUT2D eigenvalue weighted by Crippen LogP contribution is -2.31. The molecule has 56 valence electrons. The first-order chi connectivity index (χ1) is 4.16. The molecule has 0 aliphatic rings. The molecule has 0 saturated heterocycles. The van der Waals surface area contributed by atoms with E-state index in [0.29, 0.717) is 6.54 Å². The highest BCUT2D eigenvalue weighted by molar-refractivity contribution is 4.64. The maximum atomic E-state index is 5.54.